The fourth-order valence-corrected chi connectivity index (χ4v) is 2.67. The highest BCUT2D eigenvalue weighted by atomic mass is 35.5. The molecule has 1 amide bonds. The fourth-order valence-electron chi connectivity index (χ4n) is 2.50. The Hall–Kier alpha value is -1.62. The van der Waals surface area contributed by atoms with Gasteiger partial charge in [-0.15, -0.1) is 0 Å². The van der Waals surface area contributed by atoms with Crippen molar-refractivity contribution < 1.29 is 14.3 Å². The number of halogens is 1. The second-order valence-electron chi connectivity index (χ2n) is 5.24. The van der Waals surface area contributed by atoms with Crippen LogP contribution in [0.1, 0.15) is 38.5 Å². The standard InChI is InChI=1S/C15H19ClN2O3/c16-15-12(6-3-9-17-15)18-13(19)10-21-14(20)8-7-11-4-1-2-5-11/h3,6,9,11H,1-2,4-5,7-8,10H2,(H,18,19). The van der Waals surface area contributed by atoms with Gasteiger partial charge < -0.3 is 10.1 Å². The summed E-state index contributed by atoms with van der Waals surface area (Å²) < 4.78 is 4.96. The molecule has 1 aromatic rings. The third-order valence-corrected chi connectivity index (χ3v) is 3.93. The van der Waals surface area contributed by atoms with E-state index in [4.69, 9.17) is 16.3 Å². The van der Waals surface area contributed by atoms with Gasteiger partial charge in [0.05, 0.1) is 5.69 Å². The van der Waals surface area contributed by atoms with Gasteiger partial charge >= 0.3 is 5.97 Å². The maximum atomic E-state index is 11.7. The van der Waals surface area contributed by atoms with E-state index < -0.39 is 5.91 Å². The number of carbonyl (C=O) groups is 2. The van der Waals surface area contributed by atoms with E-state index in [1.54, 1.807) is 12.1 Å². The summed E-state index contributed by atoms with van der Waals surface area (Å²) in [5, 5.41) is 2.76. The maximum Gasteiger partial charge on any atom is 0.306 e. The summed E-state index contributed by atoms with van der Waals surface area (Å²) in [6.07, 6.45) is 7.68. The van der Waals surface area contributed by atoms with Crippen LogP contribution in [0.5, 0.6) is 0 Å². The van der Waals surface area contributed by atoms with Crippen molar-refractivity contribution in [3.8, 4) is 0 Å². The van der Waals surface area contributed by atoms with Crippen LogP contribution in [0.3, 0.4) is 0 Å². The Balaban J connectivity index is 1.66. The van der Waals surface area contributed by atoms with Crippen LogP contribution in [-0.2, 0) is 14.3 Å². The molecule has 0 saturated heterocycles. The number of hydrogen-bond acceptors (Lipinski definition) is 4. The highest BCUT2D eigenvalue weighted by molar-refractivity contribution is 6.32. The Kier molecular flexibility index (Phi) is 5.99. The van der Waals surface area contributed by atoms with Crippen molar-refractivity contribution in [3.05, 3.63) is 23.5 Å². The number of carbonyl (C=O) groups excluding carboxylic acids is 2. The number of amides is 1. The van der Waals surface area contributed by atoms with Gasteiger partial charge in [-0.25, -0.2) is 4.98 Å². The van der Waals surface area contributed by atoms with E-state index in [0.29, 0.717) is 18.0 Å². The first kappa shape index (κ1) is 15.8. The Morgan fingerprint density at radius 3 is 2.86 bits per heavy atom. The van der Waals surface area contributed by atoms with Crippen LogP contribution in [0.15, 0.2) is 18.3 Å². The van der Waals surface area contributed by atoms with Crippen LogP contribution in [0.4, 0.5) is 5.69 Å². The summed E-state index contributed by atoms with van der Waals surface area (Å²) in [6.45, 7) is -0.297. The number of nitrogens with one attached hydrogen (secondary N) is 1. The molecule has 1 aliphatic carbocycles. The number of pyridine rings is 1. The van der Waals surface area contributed by atoms with Crippen LogP contribution in [0.25, 0.3) is 0 Å². The van der Waals surface area contributed by atoms with E-state index in [-0.39, 0.29) is 17.7 Å². The van der Waals surface area contributed by atoms with Crippen molar-refractivity contribution in [2.24, 2.45) is 5.92 Å². The predicted molar refractivity (Wildman–Crippen MR) is 80.0 cm³/mol. The van der Waals surface area contributed by atoms with Gasteiger partial charge in [0.1, 0.15) is 0 Å². The predicted octanol–water partition coefficient (Wildman–Crippen LogP) is 3.19. The lowest BCUT2D eigenvalue weighted by molar-refractivity contribution is -0.147. The lowest BCUT2D eigenvalue weighted by atomic mass is 10.0. The van der Waals surface area contributed by atoms with Crippen LogP contribution >= 0.6 is 11.6 Å². The smallest absolute Gasteiger partial charge is 0.306 e. The number of esters is 1. The first-order chi connectivity index (χ1) is 10.1. The van der Waals surface area contributed by atoms with Crippen molar-refractivity contribution in [2.75, 3.05) is 11.9 Å². The molecule has 1 aromatic heterocycles. The SMILES string of the molecule is O=C(COC(=O)CCC1CCCC1)Nc1cccnc1Cl. The molecule has 114 valence electrons. The topological polar surface area (TPSA) is 68.3 Å². The van der Waals surface area contributed by atoms with E-state index in [1.807, 2.05) is 0 Å². The zero-order valence-electron chi connectivity index (χ0n) is 11.8. The molecule has 0 atom stereocenters. The Morgan fingerprint density at radius 1 is 1.38 bits per heavy atom. The fraction of sp³-hybridized carbons (Fsp3) is 0.533. The lowest BCUT2D eigenvalue weighted by Gasteiger charge is -2.09. The van der Waals surface area contributed by atoms with Gasteiger partial charge in [0.25, 0.3) is 5.91 Å². The third-order valence-electron chi connectivity index (χ3n) is 3.63. The van der Waals surface area contributed by atoms with Crippen LogP contribution in [0, 0.1) is 5.92 Å². The van der Waals surface area contributed by atoms with Crippen molar-refractivity contribution >= 4 is 29.2 Å². The molecule has 0 bridgehead atoms. The second-order valence-corrected chi connectivity index (χ2v) is 5.60. The van der Waals surface area contributed by atoms with Gasteiger partial charge in [-0.1, -0.05) is 37.3 Å². The van der Waals surface area contributed by atoms with E-state index >= 15 is 0 Å². The molecule has 0 aromatic carbocycles. The monoisotopic (exact) mass is 310 g/mol. The second kappa shape index (κ2) is 7.98. The molecular formula is C15H19ClN2O3. The molecule has 0 aliphatic heterocycles. The zero-order valence-corrected chi connectivity index (χ0v) is 12.6. The van der Waals surface area contributed by atoms with Gasteiger partial charge in [-0.3, -0.25) is 9.59 Å². The summed E-state index contributed by atoms with van der Waals surface area (Å²) in [4.78, 5) is 27.1. The first-order valence-electron chi connectivity index (χ1n) is 7.21. The number of nitrogens with zero attached hydrogens (tertiary/aromatic N) is 1. The van der Waals surface area contributed by atoms with E-state index in [2.05, 4.69) is 10.3 Å². The summed E-state index contributed by atoms with van der Waals surface area (Å²) in [6, 6.07) is 3.30. The van der Waals surface area contributed by atoms with Gasteiger partial charge in [0, 0.05) is 12.6 Å². The molecule has 21 heavy (non-hydrogen) atoms. The minimum absolute atomic E-state index is 0.207. The largest absolute Gasteiger partial charge is 0.456 e. The molecule has 1 aliphatic rings. The van der Waals surface area contributed by atoms with Crippen molar-refractivity contribution in [2.45, 2.75) is 38.5 Å². The number of hydrogen-bond donors (Lipinski definition) is 1. The van der Waals surface area contributed by atoms with Crippen molar-refractivity contribution in [3.63, 3.8) is 0 Å². The molecule has 1 fully saturated rings. The number of anilines is 1. The number of aromatic nitrogens is 1. The molecular weight excluding hydrogens is 292 g/mol. The molecule has 0 spiro atoms. The molecule has 0 unspecified atom stereocenters. The average molecular weight is 311 g/mol. The van der Waals surface area contributed by atoms with Gasteiger partial charge in [0.15, 0.2) is 11.8 Å². The van der Waals surface area contributed by atoms with E-state index in [1.165, 1.54) is 31.9 Å². The minimum atomic E-state index is -0.417. The van der Waals surface area contributed by atoms with E-state index in [0.717, 1.165) is 6.42 Å². The van der Waals surface area contributed by atoms with Gasteiger partial charge in [-0.2, -0.15) is 0 Å². The number of rotatable bonds is 6. The normalized spacial score (nSPS) is 14.9. The average Bonchev–Trinajstić information content (AvgIpc) is 2.99. The maximum absolute atomic E-state index is 11.7. The third kappa shape index (κ3) is 5.34. The highest BCUT2D eigenvalue weighted by Crippen LogP contribution is 2.28. The van der Waals surface area contributed by atoms with Gasteiger partial charge in [0.2, 0.25) is 0 Å². The highest BCUT2D eigenvalue weighted by Gasteiger charge is 2.17. The molecule has 2 rings (SSSR count). The van der Waals surface area contributed by atoms with Crippen molar-refractivity contribution in [1.29, 1.82) is 0 Å². The van der Waals surface area contributed by atoms with Crippen LogP contribution in [-0.4, -0.2) is 23.5 Å². The zero-order chi connectivity index (χ0) is 15.1. The number of ether oxygens (including phenoxy) is 1. The summed E-state index contributed by atoms with van der Waals surface area (Å²) >= 11 is 5.82. The Labute approximate surface area is 129 Å². The van der Waals surface area contributed by atoms with Crippen LogP contribution < -0.4 is 5.32 Å². The molecule has 1 heterocycles. The molecule has 0 radical (unpaired) electrons. The molecule has 1 N–H and O–H groups in total. The molecule has 1 saturated carbocycles. The summed E-state index contributed by atoms with van der Waals surface area (Å²) in [5.41, 5.74) is 0.408. The minimum Gasteiger partial charge on any atom is -0.456 e. The Morgan fingerprint density at radius 2 is 2.14 bits per heavy atom. The lowest BCUT2D eigenvalue weighted by Crippen LogP contribution is -2.21. The van der Waals surface area contributed by atoms with Gasteiger partial charge in [-0.05, 0) is 24.5 Å². The summed E-state index contributed by atoms with van der Waals surface area (Å²) in [7, 11) is 0. The van der Waals surface area contributed by atoms with E-state index in [9.17, 15) is 9.59 Å². The summed E-state index contributed by atoms with van der Waals surface area (Å²) in [5.74, 6) is -0.103. The quantitative estimate of drug-likeness (QED) is 0.647. The first-order valence-corrected chi connectivity index (χ1v) is 7.59. The van der Waals surface area contributed by atoms with Crippen molar-refractivity contribution in [1.82, 2.24) is 4.98 Å². The van der Waals surface area contributed by atoms with Crippen LogP contribution in [0.2, 0.25) is 5.15 Å². The molecule has 6 heteroatoms. The molecule has 5 nitrogen and oxygen atoms in total. The Bertz CT molecular complexity index is 501.